The first-order valence-electron chi connectivity index (χ1n) is 19.9. The van der Waals surface area contributed by atoms with Crippen LogP contribution in [0.15, 0.2) is 24.3 Å². The highest BCUT2D eigenvalue weighted by Gasteiger charge is 2.44. The third-order valence-electron chi connectivity index (χ3n) is 9.12. The van der Waals surface area contributed by atoms with Gasteiger partial charge in [0.15, 0.2) is 6.29 Å². The second-order valence-electron chi connectivity index (χ2n) is 13.7. The molecule has 0 aromatic carbocycles. The SMILES string of the molecule is CCCCCCC/C=C\C/C=C\CCCCCCCCCCCCOCC(COC1OC(CO)C(O)C(O)C1O)OC(=O)CCCCCC. The molecule has 288 valence electrons. The lowest BCUT2D eigenvalue weighted by Crippen LogP contribution is -2.59. The zero-order chi connectivity index (χ0) is 35.8. The van der Waals surface area contributed by atoms with E-state index in [1.165, 1.54) is 96.3 Å². The normalized spacial score (nSPS) is 22.0. The smallest absolute Gasteiger partial charge is 0.306 e. The molecule has 0 aromatic heterocycles. The average Bonchev–Trinajstić information content (AvgIpc) is 3.10. The second-order valence-corrected chi connectivity index (χ2v) is 13.7. The summed E-state index contributed by atoms with van der Waals surface area (Å²) in [5, 5.41) is 39.7. The number of hydrogen-bond donors (Lipinski definition) is 4. The van der Waals surface area contributed by atoms with E-state index in [4.69, 9.17) is 18.9 Å². The van der Waals surface area contributed by atoms with Gasteiger partial charge in [0.25, 0.3) is 0 Å². The number of unbranched alkanes of at least 4 members (excludes halogenated alkanes) is 18. The van der Waals surface area contributed by atoms with E-state index in [0.717, 1.165) is 44.9 Å². The van der Waals surface area contributed by atoms with Gasteiger partial charge in [-0.15, -0.1) is 0 Å². The molecule has 0 aliphatic carbocycles. The van der Waals surface area contributed by atoms with Crippen LogP contribution in [0.5, 0.6) is 0 Å². The lowest BCUT2D eigenvalue weighted by Gasteiger charge is -2.39. The Bertz CT molecular complexity index is 803. The number of carbonyl (C=O) groups is 1. The summed E-state index contributed by atoms with van der Waals surface area (Å²) >= 11 is 0. The van der Waals surface area contributed by atoms with E-state index in [0.29, 0.717) is 13.0 Å². The molecule has 0 aromatic rings. The maximum Gasteiger partial charge on any atom is 0.306 e. The van der Waals surface area contributed by atoms with Crippen LogP contribution in [-0.4, -0.2) is 89.6 Å². The summed E-state index contributed by atoms with van der Waals surface area (Å²) in [5.74, 6) is -0.332. The van der Waals surface area contributed by atoms with Crippen LogP contribution in [0.3, 0.4) is 0 Å². The molecule has 1 saturated heterocycles. The van der Waals surface area contributed by atoms with Crippen molar-refractivity contribution in [3.63, 3.8) is 0 Å². The predicted octanol–water partition coefficient (Wildman–Crippen LogP) is 7.86. The number of aliphatic hydroxyl groups is 4. The van der Waals surface area contributed by atoms with Crippen molar-refractivity contribution in [1.29, 1.82) is 0 Å². The molecule has 9 nitrogen and oxygen atoms in total. The van der Waals surface area contributed by atoms with Gasteiger partial charge in [-0.05, 0) is 44.9 Å². The average molecular weight is 699 g/mol. The van der Waals surface area contributed by atoms with Crippen molar-refractivity contribution in [1.82, 2.24) is 0 Å². The second kappa shape index (κ2) is 32.6. The number of ether oxygens (including phenoxy) is 4. The Morgan fingerprint density at radius 3 is 1.76 bits per heavy atom. The van der Waals surface area contributed by atoms with Crippen molar-refractivity contribution < 1.29 is 44.2 Å². The van der Waals surface area contributed by atoms with Crippen LogP contribution in [0.2, 0.25) is 0 Å². The van der Waals surface area contributed by atoms with Crippen LogP contribution in [0.4, 0.5) is 0 Å². The maximum absolute atomic E-state index is 12.4. The molecule has 1 fully saturated rings. The third-order valence-corrected chi connectivity index (χ3v) is 9.12. The number of esters is 1. The van der Waals surface area contributed by atoms with Crippen molar-refractivity contribution in [3.8, 4) is 0 Å². The van der Waals surface area contributed by atoms with Crippen LogP contribution >= 0.6 is 0 Å². The summed E-state index contributed by atoms with van der Waals surface area (Å²) in [6, 6.07) is 0. The minimum absolute atomic E-state index is 0.114. The summed E-state index contributed by atoms with van der Waals surface area (Å²) in [5.41, 5.74) is 0. The zero-order valence-electron chi connectivity index (χ0n) is 31.2. The Balaban J connectivity index is 2.12. The Kier molecular flexibility index (Phi) is 30.4. The molecule has 0 saturated carbocycles. The number of hydrogen-bond acceptors (Lipinski definition) is 9. The molecule has 0 bridgehead atoms. The number of allylic oxidation sites excluding steroid dienone is 4. The van der Waals surface area contributed by atoms with Gasteiger partial charge in [-0.1, -0.05) is 134 Å². The van der Waals surface area contributed by atoms with Crippen molar-refractivity contribution in [3.05, 3.63) is 24.3 Å². The first-order chi connectivity index (χ1) is 23.9. The van der Waals surface area contributed by atoms with Crippen molar-refractivity contribution in [2.24, 2.45) is 0 Å². The molecule has 0 radical (unpaired) electrons. The minimum atomic E-state index is -1.53. The van der Waals surface area contributed by atoms with Gasteiger partial charge in [0.1, 0.15) is 30.5 Å². The van der Waals surface area contributed by atoms with Gasteiger partial charge in [-0.3, -0.25) is 4.79 Å². The highest BCUT2D eigenvalue weighted by molar-refractivity contribution is 5.69. The van der Waals surface area contributed by atoms with E-state index in [1.54, 1.807) is 0 Å². The molecule has 49 heavy (non-hydrogen) atoms. The van der Waals surface area contributed by atoms with E-state index >= 15 is 0 Å². The van der Waals surface area contributed by atoms with Crippen LogP contribution in [-0.2, 0) is 23.7 Å². The number of rotatable bonds is 33. The van der Waals surface area contributed by atoms with Gasteiger partial charge in [-0.2, -0.15) is 0 Å². The molecular weight excluding hydrogens is 624 g/mol. The molecule has 6 unspecified atom stereocenters. The van der Waals surface area contributed by atoms with E-state index in [1.807, 2.05) is 0 Å². The monoisotopic (exact) mass is 699 g/mol. The van der Waals surface area contributed by atoms with Crippen LogP contribution in [0.1, 0.15) is 162 Å². The van der Waals surface area contributed by atoms with Crippen LogP contribution < -0.4 is 0 Å². The predicted molar refractivity (Wildman–Crippen MR) is 196 cm³/mol. The van der Waals surface area contributed by atoms with E-state index in [2.05, 4.69) is 38.2 Å². The van der Waals surface area contributed by atoms with Crippen molar-refractivity contribution >= 4 is 5.97 Å². The highest BCUT2D eigenvalue weighted by Crippen LogP contribution is 2.22. The Hall–Kier alpha value is -1.33. The fourth-order valence-corrected chi connectivity index (χ4v) is 5.93. The molecular formula is C40H74O9. The van der Waals surface area contributed by atoms with E-state index in [-0.39, 0.29) is 19.2 Å². The zero-order valence-corrected chi connectivity index (χ0v) is 31.2. The summed E-state index contributed by atoms with van der Waals surface area (Å²) in [6.45, 7) is 4.41. The number of carbonyl (C=O) groups excluding carboxylic acids is 1. The molecule has 0 amide bonds. The Morgan fingerprint density at radius 2 is 1.18 bits per heavy atom. The minimum Gasteiger partial charge on any atom is -0.457 e. The maximum atomic E-state index is 12.4. The Morgan fingerprint density at radius 1 is 0.653 bits per heavy atom. The van der Waals surface area contributed by atoms with Gasteiger partial charge in [0, 0.05) is 13.0 Å². The number of aliphatic hydroxyl groups excluding tert-OH is 4. The lowest BCUT2D eigenvalue weighted by molar-refractivity contribution is -0.305. The lowest BCUT2D eigenvalue weighted by atomic mass is 9.99. The topological polar surface area (TPSA) is 135 Å². The van der Waals surface area contributed by atoms with Gasteiger partial charge < -0.3 is 39.4 Å². The van der Waals surface area contributed by atoms with Crippen molar-refractivity contribution in [2.75, 3.05) is 26.4 Å². The molecule has 6 atom stereocenters. The van der Waals surface area contributed by atoms with Gasteiger partial charge in [-0.25, -0.2) is 0 Å². The summed E-state index contributed by atoms with van der Waals surface area (Å²) in [6.07, 6.45) is 28.4. The Labute approximate surface area is 298 Å². The third kappa shape index (κ3) is 24.5. The van der Waals surface area contributed by atoms with Gasteiger partial charge in [0.05, 0.1) is 19.8 Å². The molecule has 1 aliphatic rings. The molecule has 1 rings (SSSR count). The van der Waals surface area contributed by atoms with Gasteiger partial charge >= 0.3 is 5.97 Å². The van der Waals surface area contributed by atoms with Crippen molar-refractivity contribution in [2.45, 2.75) is 198 Å². The summed E-state index contributed by atoms with van der Waals surface area (Å²) in [7, 11) is 0. The largest absolute Gasteiger partial charge is 0.457 e. The quantitative estimate of drug-likeness (QED) is 0.0307. The fraction of sp³-hybridized carbons (Fsp3) is 0.875. The molecule has 1 heterocycles. The standard InChI is InChI=1S/C40H74O9/c1-3-5-7-9-10-11-12-13-14-15-16-17-18-19-20-21-22-23-24-25-26-28-30-46-32-34(48-36(42)29-27-8-6-4-2)33-47-40-39(45)38(44)37(43)35(31-41)49-40/h12-13,15-16,34-35,37-41,43-45H,3-11,14,17-33H2,1-2H3/b13-12-,16-15-. The highest BCUT2D eigenvalue weighted by atomic mass is 16.7. The van der Waals surface area contributed by atoms with Crippen LogP contribution in [0.25, 0.3) is 0 Å². The van der Waals surface area contributed by atoms with Crippen LogP contribution in [0, 0.1) is 0 Å². The summed E-state index contributed by atoms with van der Waals surface area (Å²) < 4.78 is 22.5. The fourth-order valence-electron chi connectivity index (χ4n) is 5.93. The van der Waals surface area contributed by atoms with E-state index in [9.17, 15) is 25.2 Å². The van der Waals surface area contributed by atoms with Gasteiger partial charge in [0.2, 0.25) is 0 Å². The molecule has 9 heteroatoms. The molecule has 0 spiro atoms. The summed E-state index contributed by atoms with van der Waals surface area (Å²) in [4.78, 5) is 12.4. The molecule has 4 N–H and O–H groups in total. The first-order valence-corrected chi connectivity index (χ1v) is 19.9. The molecule has 1 aliphatic heterocycles. The first kappa shape index (κ1) is 45.7. The van der Waals surface area contributed by atoms with E-state index < -0.39 is 43.4 Å².